The molecule has 1 fully saturated rings. The highest BCUT2D eigenvalue weighted by atomic mass is 79.9. The third-order valence-electron chi connectivity index (χ3n) is 3.83. The van der Waals surface area contributed by atoms with Gasteiger partial charge in [-0.05, 0) is 42.5 Å². The first-order valence-corrected chi connectivity index (χ1v) is 9.61. The molecule has 1 saturated heterocycles. The first-order valence-electron chi connectivity index (χ1n) is 7.59. The van der Waals surface area contributed by atoms with E-state index < -0.39 is 5.63 Å². The van der Waals surface area contributed by atoms with E-state index in [0.717, 1.165) is 9.86 Å². The predicted molar refractivity (Wildman–Crippen MR) is 112 cm³/mol. The van der Waals surface area contributed by atoms with Gasteiger partial charge in [-0.3, -0.25) is 9.69 Å². The minimum atomic E-state index is -0.488. The van der Waals surface area contributed by atoms with Crippen molar-refractivity contribution in [3.63, 3.8) is 0 Å². The van der Waals surface area contributed by atoms with Crippen LogP contribution in [0.2, 0.25) is 0 Å². The fourth-order valence-corrected chi connectivity index (χ4v) is 4.15. The van der Waals surface area contributed by atoms with Crippen molar-refractivity contribution in [2.75, 3.05) is 4.90 Å². The van der Waals surface area contributed by atoms with Gasteiger partial charge in [-0.15, -0.1) is 0 Å². The van der Waals surface area contributed by atoms with E-state index in [1.54, 1.807) is 18.2 Å². The van der Waals surface area contributed by atoms with E-state index in [1.807, 2.05) is 36.4 Å². The summed E-state index contributed by atoms with van der Waals surface area (Å²) in [6.45, 7) is 0. The Balaban J connectivity index is 1.73. The monoisotopic (exact) mass is 443 g/mol. The van der Waals surface area contributed by atoms with Gasteiger partial charge in [0.05, 0.1) is 16.2 Å². The lowest BCUT2D eigenvalue weighted by atomic mass is 10.1. The molecule has 1 aliphatic heterocycles. The number of carbonyl (C=O) groups excluding carboxylic acids is 1. The van der Waals surface area contributed by atoms with Crippen LogP contribution in [-0.2, 0) is 4.79 Å². The van der Waals surface area contributed by atoms with Crippen molar-refractivity contribution in [3.05, 3.63) is 80.0 Å². The van der Waals surface area contributed by atoms with Crippen molar-refractivity contribution in [1.29, 1.82) is 0 Å². The number of hydrogen-bond donors (Lipinski definition) is 0. The molecule has 1 aliphatic rings. The average molecular weight is 444 g/mol. The molecule has 0 aliphatic carbocycles. The van der Waals surface area contributed by atoms with E-state index in [4.69, 9.17) is 16.6 Å². The Morgan fingerprint density at radius 3 is 2.58 bits per heavy atom. The van der Waals surface area contributed by atoms with Gasteiger partial charge in [0.15, 0.2) is 4.32 Å². The van der Waals surface area contributed by atoms with Crippen LogP contribution in [0.5, 0.6) is 0 Å². The zero-order chi connectivity index (χ0) is 18.3. The molecular weight excluding hydrogens is 434 g/mol. The molecule has 128 valence electrons. The molecule has 4 rings (SSSR count). The molecule has 0 saturated carbocycles. The predicted octanol–water partition coefficient (Wildman–Crippen LogP) is 4.96. The van der Waals surface area contributed by atoms with Crippen LogP contribution in [0.3, 0.4) is 0 Å². The summed E-state index contributed by atoms with van der Waals surface area (Å²) < 4.78 is 6.66. The zero-order valence-corrected chi connectivity index (χ0v) is 16.4. The average Bonchev–Trinajstić information content (AvgIpc) is 2.90. The first kappa shape index (κ1) is 17.2. The van der Waals surface area contributed by atoms with E-state index in [2.05, 4.69) is 15.9 Å². The fraction of sp³-hybridized carbons (Fsp3) is 0. The Morgan fingerprint density at radius 1 is 1.08 bits per heavy atom. The number of para-hydroxylation sites is 1. The van der Waals surface area contributed by atoms with Crippen LogP contribution >= 0.6 is 39.9 Å². The summed E-state index contributed by atoms with van der Waals surface area (Å²) in [6.07, 6.45) is 1.54. The molecule has 0 unspecified atom stereocenters. The number of thiocarbonyl (C=S) groups is 1. The highest BCUT2D eigenvalue weighted by Crippen LogP contribution is 2.36. The lowest BCUT2D eigenvalue weighted by Gasteiger charge is -2.14. The van der Waals surface area contributed by atoms with Gasteiger partial charge in [-0.1, -0.05) is 58.1 Å². The maximum absolute atomic E-state index is 12.8. The molecular formula is C19H10BrNO3S2. The van der Waals surface area contributed by atoms with Gasteiger partial charge in [-0.25, -0.2) is 4.79 Å². The van der Waals surface area contributed by atoms with Crippen LogP contribution in [0.1, 0.15) is 5.56 Å². The molecule has 2 aromatic carbocycles. The molecule has 7 heteroatoms. The standard InChI is InChI=1S/C19H10BrNO3S2/c20-13-5-7-14(8-6-13)21-17(22)16(26-19(21)25)10-12-9-11-3-1-2-4-15(11)24-18(12)23/h1-10H/b16-10+. The Morgan fingerprint density at radius 2 is 1.81 bits per heavy atom. The number of rotatable bonds is 2. The molecule has 0 atom stereocenters. The minimum Gasteiger partial charge on any atom is -0.422 e. The van der Waals surface area contributed by atoms with Crippen molar-refractivity contribution in [2.24, 2.45) is 0 Å². The van der Waals surface area contributed by atoms with Crippen molar-refractivity contribution < 1.29 is 9.21 Å². The summed E-state index contributed by atoms with van der Waals surface area (Å²) in [7, 11) is 0. The summed E-state index contributed by atoms with van der Waals surface area (Å²) in [6, 6.07) is 16.3. The number of thioether (sulfide) groups is 1. The third kappa shape index (κ3) is 3.13. The summed E-state index contributed by atoms with van der Waals surface area (Å²) in [5.74, 6) is -0.255. The molecule has 1 aromatic heterocycles. The Bertz CT molecular complexity index is 1140. The molecule has 26 heavy (non-hydrogen) atoms. The topological polar surface area (TPSA) is 50.5 Å². The van der Waals surface area contributed by atoms with Gasteiger partial charge in [0.25, 0.3) is 5.91 Å². The summed E-state index contributed by atoms with van der Waals surface area (Å²) in [5, 5.41) is 0.793. The van der Waals surface area contributed by atoms with E-state index in [1.165, 1.54) is 22.7 Å². The Kier molecular flexibility index (Phi) is 4.52. The van der Waals surface area contributed by atoms with Crippen LogP contribution in [0.4, 0.5) is 5.69 Å². The molecule has 0 spiro atoms. The van der Waals surface area contributed by atoms with Gasteiger partial charge in [0.2, 0.25) is 0 Å². The van der Waals surface area contributed by atoms with Crippen LogP contribution in [-0.4, -0.2) is 10.2 Å². The highest BCUT2D eigenvalue weighted by Gasteiger charge is 2.33. The van der Waals surface area contributed by atoms with Gasteiger partial charge >= 0.3 is 5.63 Å². The summed E-state index contributed by atoms with van der Waals surface area (Å²) in [4.78, 5) is 26.8. The van der Waals surface area contributed by atoms with Crippen molar-refractivity contribution >= 4 is 72.9 Å². The number of nitrogens with zero attached hydrogens (tertiary/aromatic N) is 1. The van der Waals surface area contributed by atoms with Crippen LogP contribution in [0.15, 0.2) is 73.2 Å². The molecule has 4 nitrogen and oxygen atoms in total. The number of amides is 1. The molecule has 0 N–H and O–H groups in total. The Labute approximate surface area is 166 Å². The second-order valence-corrected chi connectivity index (χ2v) is 8.11. The third-order valence-corrected chi connectivity index (χ3v) is 5.66. The molecule has 1 amide bonds. The van der Waals surface area contributed by atoms with Crippen LogP contribution in [0.25, 0.3) is 17.0 Å². The molecule has 3 aromatic rings. The second-order valence-electron chi connectivity index (χ2n) is 5.52. The van der Waals surface area contributed by atoms with Crippen molar-refractivity contribution in [3.8, 4) is 0 Å². The Hall–Kier alpha value is -2.22. The maximum atomic E-state index is 12.8. The van der Waals surface area contributed by atoms with E-state index >= 15 is 0 Å². The molecule has 2 heterocycles. The quantitative estimate of drug-likeness (QED) is 0.318. The van der Waals surface area contributed by atoms with E-state index in [0.29, 0.717) is 26.1 Å². The number of hydrogen-bond acceptors (Lipinski definition) is 5. The van der Waals surface area contributed by atoms with Gasteiger partial charge in [0.1, 0.15) is 5.58 Å². The normalized spacial score (nSPS) is 16.0. The number of fused-ring (bicyclic) bond motifs is 1. The molecule has 0 bridgehead atoms. The maximum Gasteiger partial charge on any atom is 0.343 e. The van der Waals surface area contributed by atoms with Gasteiger partial charge in [0, 0.05) is 9.86 Å². The highest BCUT2D eigenvalue weighted by molar-refractivity contribution is 9.10. The van der Waals surface area contributed by atoms with Crippen molar-refractivity contribution in [1.82, 2.24) is 0 Å². The summed E-state index contributed by atoms with van der Waals surface area (Å²) >= 11 is 9.89. The van der Waals surface area contributed by atoms with Crippen molar-refractivity contribution in [2.45, 2.75) is 0 Å². The summed E-state index contributed by atoms with van der Waals surface area (Å²) in [5.41, 5.74) is 1.03. The smallest absolute Gasteiger partial charge is 0.343 e. The second kappa shape index (κ2) is 6.83. The van der Waals surface area contributed by atoms with Gasteiger partial charge < -0.3 is 4.42 Å². The number of benzene rings is 2. The minimum absolute atomic E-state index is 0.255. The van der Waals surface area contributed by atoms with Gasteiger partial charge in [-0.2, -0.15) is 0 Å². The van der Waals surface area contributed by atoms with E-state index in [9.17, 15) is 9.59 Å². The molecule has 0 radical (unpaired) electrons. The number of halogens is 1. The lowest BCUT2D eigenvalue weighted by molar-refractivity contribution is -0.113. The van der Waals surface area contributed by atoms with E-state index in [-0.39, 0.29) is 5.91 Å². The fourth-order valence-electron chi connectivity index (χ4n) is 2.60. The lowest BCUT2D eigenvalue weighted by Crippen LogP contribution is -2.27. The number of carbonyl (C=O) groups is 1. The number of anilines is 1. The van der Waals surface area contributed by atoms with Crippen LogP contribution < -0.4 is 10.5 Å². The van der Waals surface area contributed by atoms with Crippen LogP contribution in [0, 0.1) is 0 Å². The largest absolute Gasteiger partial charge is 0.422 e. The zero-order valence-electron chi connectivity index (χ0n) is 13.1. The SMILES string of the molecule is O=C1/C(=C\c2cc3ccccc3oc2=O)SC(=S)N1c1ccc(Br)cc1. The first-order chi connectivity index (χ1) is 12.5.